The summed E-state index contributed by atoms with van der Waals surface area (Å²) in [6, 6.07) is 6.50. The van der Waals surface area contributed by atoms with E-state index in [9.17, 15) is 9.59 Å². The van der Waals surface area contributed by atoms with Crippen LogP contribution >= 0.6 is 0 Å². The van der Waals surface area contributed by atoms with Gasteiger partial charge >= 0.3 is 5.97 Å². The standard InChI is InChI=1S/C12H15NO4/c1-13(2)11(14)8-17-10-6-4-5-9(7-10)12(15)16-3/h4-7H,8H2,1-3H3. The van der Waals surface area contributed by atoms with Crippen LogP contribution in [0.15, 0.2) is 24.3 Å². The van der Waals surface area contributed by atoms with E-state index in [0.717, 1.165) is 0 Å². The van der Waals surface area contributed by atoms with Crippen LogP contribution in [-0.2, 0) is 9.53 Å². The van der Waals surface area contributed by atoms with Gasteiger partial charge in [-0.15, -0.1) is 0 Å². The van der Waals surface area contributed by atoms with E-state index in [2.05, 4.69) is 4.74 Å². The molecule has 1 amide bonds. The number of hydrogen-bond donors (Lipinski definition) is 0. The SMILES string of the molecule is COC(=O)c1cccc(OCC(=O)N(C)C)c1. The molecule has 92 valence electrons. The van der Waals surface area contributed by atoms with Gasteiger partial charge in [-0.1, -0.05) is 6.07 Å². The van der Waals surface area contributed by atoms with Crippen LogP contribution in [0.3, 0.4) is 0 Å². The maximum atomic E-state index is 11.3. The van der Waals surface area contributed by atoms with Crippen molar-refractivity contribution < 1.29 is 19.1 Å². The number of carbonyl (C=O) groups is 2. The molecule has 0 atom stereocenters. The van der Waals surface area contributed by atoms with Crippen LogP contribution in [0, 0.1) is 0 Å². The van der Waals surface area contributed by atoms with E-state index in [-0.39, 0.29) is 12.5 Å². The second kappa shape index (κ2) is 5.89. The first-order valence-corrected chi connectivity index (χ1v) is 5.06. The average molecular weight is 237 g/mol. The maximum absolute atomic E-state index is 11.3. The zero-order chi connectivity index (χ0) is 12.8. The summed E-state index contributed by atoms with van der Waals surface area (Å²) in [5, 5.41) is 0. The molecule has 17 heavy (non-hydrogen) atoms. The molecule has 0 radical (unpaired) electrons. The molecule has 0 bridgehead atoms. The van der Waals surface area contributed by atoms with E-state index in [1.165, 1.54) is 18.1 Å². The molecule has 0 aliphatic rings. The Bertz CT molecular complexity index is 415. The smallest absolute Gasteiger partial charge is 0.337 e. The summed E-state index contributed by atoms with van der Waals surface area (Å²) in [7, 11) is 4.61. The summed E-state index contributed by atoms with van der Waals surface area (Å²) in [5.41, 5.74) is 0.391. The van der Waals surface area contributed by atoms with Crippen molar-refractivity contribution in [1.29, 1.82) is 0 Å². The fraction of sp³-hybridized carbons (Fsp3) is 0.333. The number of hydrogen-bond acceptors (Lipinski definition) is 4. The lowest BCUT2D eigenvalue weighted by Crippen LogP contribution is -2.27. The summed E-state index contributed by atoms with van der Waals surface area (Å²) >= 11 is 0. The molecule has 0 aromatic heterocycles. The topological polar surface area (TPSA) is 55.8 Å². The zero-order valence-corrected chi connectivity index (χ0v) is 10.1. The van der Waals surface area contributed by atoms with Crippen LogP contribution in [0.25, 0.3) is 0 Å². The molecule has 1 rings (SSSR count). The molecule has 0 aliphatic heterocycles. The molecule has 0 unspecified atom stereocenters. The predicted octanol–water partition coefficient (Wildman–Crippen LogP) is 0.940. The normalized spacial score (nSPS) is 9.59. The first-order valence-electron chi connectivity index (χ1n) is 5.06. The third-order valence-corrected chi connectivity index (χ3v) is 2.12. The van der Waals surface area contributed by atoms with Gasteiger partial charge in [-0.05, 0) is 18.2 Å². The Labute approximate surface area is 99.9 Å². The van der Waals surface area contributed by atoms with E-state index in [1.54, 1.807) is 32.3 Å². The highest BCUT2D eigenvalue weighted by molar-refractivity contribution is 5.89. The Morgan fingerprint density at radius 2 is 2.00 bits per heavy atom. The van der Waals surface area contributed by atoms with Gasteiger partial charge in [0, 0.05) is 14.1 Å². The van der Waals surface area contributed by atoms with Crippen molar-refractivity contribution in [2.75, 3.05) is 27.8 Å². The van der Waals surface area contributed by atoms with E-state index < -0.39 is 5.97 Å². The molecule has 0 spiro atoms. The Morgan fingerprint density at radius 3 is 2.59 bits per heavy atom. The van der Waals surface area contributed by atoms with Crippen molar-refractivity contribution in [3.05, 3.63) is 29.8 Å². The molecule has 5 heteroatoms. The van der Waals surface area contributed by atoms with E-state index >= 15 is 0 Å². The van der Waals surface area contributed by atoms with E-state index in [4.69, 9.17) is 4.74 Å². The second-order valence-electron chi connectivity index (χ2n) is 3.60. The number of ether oxygens (including phenoxy) is 2. The molecule has 0 fully saturated rings. The quantitative estimate of drug-likeness (QED) is 0.731. The highest BCUT2D eigenvalue weighted by Crippen LogP contribution is 2.14. The predicted molar refractivity (Wildman–Crippen MR) is 62.0 cm³/mol. The Balaban J connectivity index is 2.66. The molecule has 0 saturated heterocycles. The van der Waals surface area contributed by atoms with Gasteiger partial charge in [0.1, 0.15) is 5.75 Å². The van der Waals surface area contributed by atoms with Crippen molar-refractivity contribution >= 4 is 11.9 Å². The molecule has 0 saturated carbocycles. The number of benzene rings is 1. The van der Waals surface area contributed by atoms with Gasteiger partial charge < -0.3 is 14.4 Å². The average Bonchev–Trinajstić information content (AvgIpc) is 2.35. The first-order chi connectivity index (χ1) is 8.04. The van der Waals surface area contributed by atoms with Gasteiger partial charge in [0.25, 0.3) is 5.91 Å². The minimum absolute atomic E-state index is 0.0579. The fourth-order valence-corrected chi connectivity index (χ4v) is 1.10. The summed E-state index contributed by atoms with van der Waals surface area (Å²) in [5.74, 6) is -0.119. The van der Waals surface area contributed by atoms with Gasteiger partial charge in [0.2, 0.25) is 0 Å². The van der Waals surface area contributed by atoms with Gasteiger partial charge in [-0.25, -0.2) is 4.79 Å². The highest BCUT2D eigenvalue weighted by Gasteiger charge is 2.08. The van der Waals surface area contributed by atoms with Gasteiger partial charge in [0.05, 0.1) is 12.7 Å². The number of rotatable bonds is 4. The number of nitrogens with zero attached hydrogens (tertiary/aromatic N) is 1. The summed E-state index contributed by atoms with van der Waals surface area (Å²) < 4.78 is 9.85. The third kappa shape index (κ3) is 3.79. The molecule has 0 aliphatic carbocycles. The third-order valence-electron chi connectivity index (χ3n) is 2.12. The van der Waals surface area contributed by atoms with Crippen LogP contribution in [0.5, 0.6) is 5.75 Å². The molecule has 0 N–H and O–H groups in total. The lowest BCUT2D eigenvalue weighted by molar-refractivity contribution is -0.130. The minimum Gasteiger partial charge on any atom is -0.484 e. The number of esters is 1. The van der Waals surface area contributed by atoms with Crippen molar-refractivity contribution in [2.45, 2.75) is 0 Å². The minimum atomic E-state index is -0.436. The van der Waals surface area contributed by atoms with Crippen molar-refractivity contribution in [3.63, 3.8) is 0 Å². The van der Waals surface area contributed by atoms with Crippen LogP contribution in [0.4, 0.5) is 0 Å². The summed E-state index contributed by atoms with van der Waals surface area (Å²) in [4.78, 5) is 24.0. The molecule has 1 aromatic rings. The zero-order valence-electron chi connectivity index (χ0n) is 10.1. The summed E-state index contributed by atoms with van der Waals surface area (Å²) in [6.07, 6.45) is 0. The number of amides is 1. The Hall–Kier alpha value is -2.04. The molecular formula is C12H15NO4. The molecule has 0 heterocycles. The molecule has 5 nitrogen and oxygen atoms in total. The highest BCUT2D eigenvalue weighted by atomic mass is 16.5. The first kappa shape index (κ1) is 13.0. The number of carbonyl (C=O) groups excluding carboxylic acids is 2. The van der Waals surface area contributed by atoms with Crippen molar-refractivity contribution in [1.82, 2.24) is 4.90 Å². The lowest BCUT2D eigenvalue weighted by atomic mass is 10.2. The molecular weight excluding hydrogens is 222 g/mol. The Morgan fingerprint density at radius 1 is 1.29 bits per heavy atom. The van der Waals surface area contributed by atoms with Gasteiger partial charge in [-0.3, -0.25) is 4.79 Å². The van der Waals surface area contributed by atoms with Crippen LogP contribution in [0.2, 0.25) is 0 Å². The van der Waals surface area contributed by atoms with E-state index in [1.807, 2.05) is 0 Å². The fourth-order valence-electron chi connectivity index (χ4n) is 1.10. The van der Waals surface area contributed by atoms with Crippen molar-refractivity contribution in [2.24, 2.45) is 0 Å². The number of methoxy groups -OCH3 is 1. The van der Waals surface area contributed by atoms with Gasteiger partial charge in [-0.2, -0.15) is 0 Å². The van der Waals surface area contributed by atoms with Crippen LogP contribution in [-0.4, -0.2) is 44.6 Å². The molecule has 1 aromatic carbocycles. The van der Waals surface area contributed by atoms with Crippen LogP contribution in [0.1, 0.15) is 10.4 Å². The second-order valence-corrected chi connectivity index (χ2v) is 3.60. The summed E-state index contributed by atoms with van der Waals surface area (Å²) in [6.45, 7) is -0.0579. The maximum Gasteiger partial charge on any atom is 0.337 e. The van der Waals surface area contributed by atoms with Gasteiger partial charge in [0.15, 0.2) is 6.61 Å². The van der Waals surface area contributed by atoms with Crippen molar-refractivity contribution in [3.8, 4) is 5.75 Å². The van der Waals surface area contributed by atoms with Crippen LogP contribution < -0.4 is 4.74 Å². The number of likely N-dealkylation sites (N-methyl/N-ethyl adjacent to an activating group) is 1. The lowest BCUT2D eigenvalue weighted by Gasteiger charge is -2.11. The Kier molecular flexibility index (Phi) is 4.51. The monoisotopic (exact) mass is 237 g/mol. The van der Waals surface area contributed by atoms with E-state index in [0.29, 0.717) is 11.3 Å². The largest absolute Gasteiger partial charge is 0.484 e.